The van der Waals surface area contributed by atoms with Crippen molar-refractivity contribution in [2.75, 3.05) is 6.54 Å². The lowest BCUT2D eigenvalue weighted by Gasteiger charge is -2.12. The summed E-state index contributed by atoms with van der Waals surface area (Å²) in [6.07, 6.45) is 1.56. The zero-order valence-electron chi connectivity index (χ0n) is 7.76. The third-order valence-corrected chi connectivity index (χ3v) is 3.00. The van der Waals surface area contributed by atoms with Crippen LogP contribution in [0.3, 0.4) is 0 Å². The van der Waals surface area contributed by atoms with Crippen LogP contribution in [0.1, 0.15) is 26.7 Å². The number of nitrogens with one attached hydrogen (secondary N) is 1. The van der Waals surface area contributed by atoms with E-state index in [1.54, 1.807) is 0 Å². The van der Waals surface area contributed by atoms with Crippen LogP contribution in [-0.2, 0) is 10.0 Å². The molecule has 0 aromatic carbocycles. The standard InChI is InChI=1S/C7H15F2NO2S/c1-3-6(4-2)5-10-13(11,12)7(8)9/h6-7,10H,3-5H2,1-2H3. The maximum atomic E-state index is 11.8. The third-order valence-electron chi connectivity index (χ3n) is 1.96. The molecule has 0 aromatic rings. The van der Waals surface area contributed by atoms with E-state index in [-0.39, 0.29) is 12.5 Å². The van der Waals surface area contributed by atoms with Gasteiger partial charge in [0.15, 0.2) is 0 Å². The van der Waals surface area contributed by atoms with Crippen LogP contribution in [0.15, 0.2) is 0 Å². The van der Waals surface area contributed by atoms with Crippen LogP contribution in [0.4, 0.5) is 8.78 Å². The van der Waals surface area contributed by atoms with Crippen LogP contribution in [0.2, 0.25) is 0 Å². The summed E-state index contributed by atoms with van der Waals surface area (Å²) in [6, 6.07) is 0. The van der Waals surface area contributed by atoms with Crippen molar-refractivity contribution in [2.24, 2.45) is 5.92 Å². The second kappa shape index (κ2) is 5.49. The summed E-state index contributed by atoms with van der Waals surface area (Å²) in [5.41, 5.74) is 0. The largest absolute Gasteiger partial charge is 0.350 e. The Balaban J connectivity index is 4.01. The number of hydrogen-bond acceptors (Lipinski definition) is 2. The quantitative estimate of drug-likeness (QED) is 0.731. The predicted octanol–water partition coefficient (Wildman–Crippen LogP) is 1.56. The average molecular weight is 215 g/mol. The number of sulfonamides is 1. The maximum Gasteiger partial charge on any atom is 0.350 e. The highest BCUT2D eigenvalue weighted by Crippen LogP contribution is 2.08. The third kappa shape index (κ3) is 4.52. The van der Waals surface area contributed by atoms with Gasteiger partial charge in [-0.05, 0) is 5.92 Å². The Morgan fingerprint density at radius 1 is 1.23 bits per heavy atom. The number of rotatable bonds is 6. The van der Waals surface area contributed by atoms with Crippen molar-refractivity contribution >= 4 is 10.0 Å². The van der Waals surface area contributed by atoms with Crippen molar-refractivity contribution < 1.29 is 17.2 Å². The molecule has 3 nitrogen and oxygen atoms in total. The monoisotopic (exact) mass is 215 g/mol. The second-order valence-corrected chi connectivity index (χ2v) is 4.57. The minimum atomic E-state index is -4.40. The highest BCUT2D eigenvalue weighted by Gasteiger charge is 2.23. The molecule has 0 aliphatic rings. The van der Waals surface area contributed by atoms with Gasteiger partial charge in [0.05, 0.1) is 0 Å². The van der Waals surface area contributed by atoms with Gasteiger partial charge in [-0.1, -0.05) is 26.7 Å². The summed E-state index contributed by atoms with van der Waals surface area (Å²) in [7, 11) is -4.40. The molecule has 0 radical (unpaired) electrons. The molecule has 1 N–H and O–H groups in total. The van der Waals surface area contributed by atoms with E-state index < -0.39 is 15.8 Å². The second-order valence-electron chi connectivity index (χ2n) is 2.84. The molecule has 13 heavy (non-hydrogen) atoms. The van der Waals surface area contributed by atoms with Crippen LogP contribution in [-0.4, -0.2) is 20.7 Å². The van der Waals surface area contributed by atoms with Gasteiger partial charge >= 0.3 is 5.76 Å². The maximum absolute atomic E-state index is 11.8. The van der Waals surface area contributed by atoms with E-state index in [1.807, 2.05) is 18.6 Å². The van der Waals surface area contributed by atoms with E-state index in [4.69, 9.17) is 0 Å². The molecule has 0 saturated carbocycles. The van der Waals surface area contributed by atoms with Crippen molar-refractivity contribution in [1.29, 1.82) is 0 Å². The zero-order valence-corrected chi connectivity index (χ0v) is 8.57. The Kier molecular flexibility index (Phi) is 5.39. The van der Waals surface area contributed by atoms with Gasteiger partial charge in [0.1, 0.15) is 0 Å². The molecule has 0 fully saturated rings. The summed E-state index contributed by atoms with van der Waals surface area (Å²) >= 11 is 0. The Morgan fingerprint density at radius 2 is 1.69 bits per heavy atom. The normalized spacial score (nSPS) is 12.8. The Bertz CT molecular complexity index is 225. The molecule has 0 rings (SSSR count). The van der Waals surface area contributed by atoms with E-state index in [2.05, 4.69) is 0 Å². The molecular weight excluding hydrogens is 200 g/mol. The Labute approximate surface area is 77.6 Å². The fraction of sp³-hybridized carbons (Fsp3) is 1.00. The van der Waals surface area contributed by atoms with E-state index in [0.717, 1.165) is 12.8 Å². The lowest BCUT2D eigenvalue weighted by atomic mass is 10.0. The van der Waals surface area contributed by atoms with E-state index in [0.29, 0.717) is 0 Å². The van der Waals surface area contributed by atoms with Crippen LogP contribution >= 0.6 is 0 Å². The molecule has 0 unspecified atom stereocenters. The van der Waals surface area contributed by atoms with Crippen LogP contribution in [0.5, 0.6) is 0 Å². The number of halogens is 2. The molecule has 6 heteroatoms. The Morgan fingerprint density at radius 3 is 2.00 bits per heavy atom. The molecule has 0 amide bonds. The van der Waals surface area contributed by atoms with Crippen LogP contribution < -0.4 is 4.72 Å². The summed E-state index contributed by atoms with van der Waals surface area (Å²) in [5, 5.41) is 0. The first kappa shape index (κ1) is 12.8. The zero-order chi connectivity index (χ0) is 10.5. The lowest BCUT2D eigenvalue weighted by Crippen LogP contribution is -2.33. The van der Waals surface area contributed by atoms with Crippen molar-refractivity contribution in [3.05, 3.63) is 0 Å². The van der Waals surface area contributed by atoms with E-state index >= 15 is 0 Å². The molecule has 80 valence electrons. The average Bonchev–Trinajstić information content (AvgIpc) is 2.06. The fourth-order valence-corrected chi connectivity index (χ4v) is 1.47. The highest BCUT2D eigenvalue weighted by molar-refractivity contribution is 7.89. The van der Waals surface area contributed by atoms with Gasteiger partial charge in [-0.15, -0.1) is 0 Å². The van der Waals surface area contributed by atoms with Gasteiger partial charge in [0, 0.05) is 6.54 Å². The summed E-state index contributed by atoms with van der Waals surface area (Å²) in [6.45, 7) is 3.88. The van der Waals surface area contributed by atoms with Crippen LogP contribution in [0, 0.1) is 5.92 Å². The molecule has 0 spiro atoms. The highest BCUT2D eigenvalue weighted by atomic mass is 32.2. The summed E-state index contributed by atoms with van der Waals surface area (Å²) in [5.74, 6) is -3.20. The van der Waals surface area contributed by atoms with Crippen molar-refractivity contribution in [2.45, 2.75) is 32.4 Å². The number of alkyl halides is 2. The van der Waals surface area contributed by atoms with Crippen molar-refractivity contribution in [3.8, 4) is 0 Å². The lowest BCUT2D eigenvalue weighted by molar-refractivity contribution is 0.231. The fourth-order valence-electron chi connectivity index (χ4n) is 0.874. The minimum absolute atomic E-state index is 0.0969. The Hall–Kier alpha value is -0.230. The molecule has 0 aliphatic heterocycles. The van der Waals surface area contributed by atoms with Crippen LogP contribution in [0.25, 0.3) is 0 Å². The topological polar surface area (TPSA) is 46.2 Å². The van der Waals surface area contributed by atoms with Gasteiger partial charge in [-0.2, -0.15) is 8.78 Å². The SMILES string of the molecule is CCC(CC)CNS(=O)(=O)C(F)F. The van der Waals surface area contributed by atoms with Gasteiger partial charge in [0.2, 0.25) is 0 Å². The van der Waals surface area contributed by atoms with Gasteiger partial charge in [0.25, 0.3) is 10.0 Å². The first-order valence-corrected chi connectivity index (χ1v) is 5.75. The molecule has 0 heterocycles. The summed E-state index contributed by atoms with van der Waals surface area (Å²) < 4.78 is 46.7. The summed E-state index contributed by atoms with van der Waals surface area (Å²) in [4.78, 5) is 0. The molecular formula is C7H15F2NO2S. The van der Waals surface area contributed by atoms with Gasteiger partial charge in [-0.3, -0.25) is 0 Å². The number of hydrogen-bond donors (Lipinski definition) is 1. The first-order valence-electron chi connectivity index (χ1n) is 4.20. The van der Waals surface area contributed by atoms with Crippen molar-refractivity contribution in [3.63, 3.8) is 0 Å². The molecule has 0 saturated heterocycles. The van der Waals surface area contributed by atoms with Gasteiger partial charge in [-0.25, -0.2) is 13.1 Å². The first-order chi connectivity index (χ1) is 5.94. The van der Waals surface area contributed by atoms with Gasteiger partial charge < -0.3 is 0 Å². The minimum Gasteiger partial charge on any atom is -0.210 e. The predicted molar refractivity (Wildman–Crippen MR) is 47.0 cm³/mol. The molecule has 0 bridgehead atoms. The van der Waals surface area contributed by atoms with E-state index in [9.17, 15) is 17.2 Å². The van der Waals surface area contributed by atoms with E-state index in [1.165, 1.54) is 0 Å². The smallest absolute Gasteiger partial charge is 0.210 e. The molecule has 0 aliphatic carbocycles. The van der Waals surface area contributed by atoms with Crippen molar-refractivity contribution in [1.82, 2.24) is 4.72 Å². The molecule has 0 atom stereocenters. The molecule has 0 aromatic heterocycles.